The normalized spacial score (nSPS) is 15.4. The van der Waals surface area contributed by atoms with E-state index in [4.69, 9.17) is 9.47 Å². The van der Waals surface area contributed by atoms with Crippen molar-refractivity contribution in [1.82, 2.24) is 0 Å². The molecule has 0 aromatic heterocycles. The zero-order valence-corrected chi connectivity index (χ0v) is 19.6. The van der Waals surface area contributed by atoms with E-state index in [1.165, 1.54) is 14.2 Å². The Morgan fingerprint density at radius 3 is 1.81 bits per heavy atom. The first kappa shape index (κ1) is 23.1. The highest BCUT2D eigenvalue weighted by molar-refractivity contribution is 7.67. The average molecular weight is 441 g/mol. The molecule has 0 N–H and O–H groups in total. The Bertz CT molecular complexity index is 960. The van der Waals surface area contributed by atoms with Gasteiger partial charge >= 0.3 is 13.3 Å². The Kier molecular flexibility index (Phi) is 7.27. The van der Waals surface area contributed by atoms with Gasteiger partial charge in [-0.1, -0.05) is 42.7 Å². The van der Waals surface area contributed by atoms with Gasteiger partial charge in [-0.3, -0.25) is 4.79 Å². The van der Waals surface area contributed by atoms with Gasteiger partial charge < -0.3 is 9.47 Å². The molecule has 6 heteroatoms. The summed E-state index contributed by atoms with van der Waals surface area (Å²) in [7, 11) is 0.373. The molecular formula is C25H30O5P+. The number of hydrogen-bond acceptors (Lipinski definition) is 5. The second kappa shape index (κ2) is 9.74. The quantitative estimate of drug-likeness (QED) is 0.353. The van der Waals surface area contributed by atoms with Gasteiger partial charge in [-0.2, -0.15) is 0 Å². The summed E-state index contributed by atoms with van der Waals surface area (Å²) in [6.45, 7) is 4.02. The smallest absolute Gasteiger partial charge is 0.434 e. The molecule has 1 unspecified atom stereocenters. The van der Waals surface area contributed by atoms with Crippen molar-refractivity contribution >= 4 is 19.1 Å². The maximum atomic E-state index is 14.0. The van der Waals surface area contributed by atoms with Crippen molar-refractivity contribution in [2.75, 3.05) is 14.2 Å². The second-order valence-electron chi connectivity index (χ2n) is 7.86. The Hall–Kier alpha value is -2.52. The van der Waals surface area contributed by atoms with E-state index in [1.807, 2.05) is 32.0 Å². The third-order valence-electron chi connectivity index (χ3n) is 6.29. The molecule has 1 atom stereocenters. The lowest BCUT2D eigenvalue weighted by Gasteiger charge is -2.20. The van der Waals surface area contributed by atoms with E-state index in [2.05, 4.69) is 0 Å². The van der Waals surface area contributed by atoms with E-state index < -0.39 is 18.5 Å². The number of Topliss-reactive ketones (excluding diaryl/α,β-unsaturated/α-hetero) is 1. The molecular weight excluding hydrogens is 411 g/mol. The first-order valence-corrected chi connectivity index (χ1v) is 12.1. The summed E-state index contributed by atoms with van der Waals surface area (Å²) < 4.78 is 24.6. The molecule has 1 saturated carbocycles. The fraction of sp³-hybridized carbons (Fsp3) is 0.440. The van der Waals surface area contributed by atoms with E-state index in [-0.39, 0.29) is 11.3 Å². The molecule has 0 aliphatic heterocycles. The van der Waals surface area contributed by atoms with Crippen LogP contribution in [0.3, 0.4) is 0 Å². The van der Waals surface area contributed by atoms with Crippen LogP contribution in [0.5, 0.6) is 11.5 Å². The molecule has 0 saturated heterocycles. The van der Waals surface area contributed by atoms with Gasteiger partial charge in [0.15, 0.2) is 5.56 Å². The van der Waals surface area contributed by atoms with E-state index in [0.717, 1.165) is 24.0 Å². The number of benzene rings is 2. The van der Waals surface area contributed by atoms with Crippen LogP contribution in [0.15, 0.2) is 36.4 Å². The van der Waals surface area contributed by atoms with Gasteiger partial charge in [0.25, 0.3) is 0 Å². The molecule has 3 rings (SSSR count). The molecule has 1 aliphatic carbocycles. The van der Waals surface area contributed by atoms with Crippen LogP contribution >= 0.6 is 7.80 Å². The van der Waals surface area contributed by atoms with Crippen molar-refractivity contribution in [3.05, 3.63) is 58.7 Å². The number of carbonyl (C=O) groups excluding carboxylic acids is 2. The lowest BCUT2D eigenvalue weighted by Crippen LogP contribution is -2.35. The number of hydrogen-bond donors (Lipinski definition) is 0. The number of ether oxygens (including phenoxy) is 2. The molecule has 1 fully saturated rings. The summed E-state index contributed by atoms with van der Waals surface area (Å²) in [6.07, 6.45) is 3.86. The third kappa shape index (κ3) is 4.04. The second-order valence-corrected chi connectivity index (χ2v) is 9.71. The van der Waals surface area contributed by atoms with Gasteiger partial charge in [-0.15, -0.1) is 0 Å². The van der Waals surface area contributed by atoms with Gasteiger partial charge in [-0.25, -0.2) is 4.79 Å². The lowest BCUT2D eigenvalue weighted by atomic mass is 9.87. The first-order chi connectivity index (χ1) is 14.9. The fourth-order valence-electron chi connectivity index (χ4n) is 4.61. The summed E-state index contributed by atoms with van der Waals surface area (Å²) in [4.78, 5) is 27.6. The topological polar surface area (TPSA) is 69.7 Å². The molecule has 1 aliphatic rings. The molecule has 2 aromatic rings. The number of rotatable bonds is 9. The third-order valence-corrected chi connectivity index (χ3v) is 8.31. The standard InChI is InChI=1S/C25H30O5P/c1-5-17-11-9-12-18(6-2)21(17)23(26)25(15-7-8-16-25)31(28)24(27)22-19(29-3)13-10-14-20(22)30-4/h9-14H,5-8,15-16H2,1-4H3/q+1. The van der Waals surface area contributed by atoms with Gasteiger partial charge in [0.1, 0.15) is 11.5 Å². The minimum Gasteiger partial charge on any atom is -0.496 e. The minimum atomic E-state index is -2.54. The van der Waals surface area contributed by atoms with Crippen molar-refractivity contribution in [2.45, 2.75) is 57.5 Å². The first-order valence-electron chi connectivity index (χ1n) is 10.8. The molecule has 0 heterocycles. The van der Waals surface area contributed by atoms with Crippen molar-refractivity contribution < 1.29 is 23.6 Å². The summed E-state index contributed by atoms with van der Waals surface area (Å²) >= 11 is 0. The van der Waals surface area contributed by atoms with Crippen molar-refractivity contribution in [3.8, 4) is 11.5 Å². The number of ketones is 1. The Morgan fingerprint density at radius 1 is 0.871 bits per heavy atom. The summed E-state index contributed by atoms with van der Waals surface area (Å²) in [5.41, 5.74) is 2.11. The van der Waals surface area contributed by atoms with Crippen molar-refractivity contribution in [2.24, 2.45) is 0 Å². The van der Waals surface area contributed by atoms with E-state index >= 15 is 0 Å². The molecule has 0 spiro atoms. The van der Waals surface area contributed by atoms with E-state index in [1.54, 1.807) is 18.2 Å². The van der Waals surface area contributed by atoms with E-state index in [0.29, 0.717) is 42.7 Å². The summed E-state index contributed by atoms with van der Waals surface area (Å²) in [6, 6.07) is 10.9. The van der Waals surface area contributed by atoms with Crippen LogP contribution in [-0.2, 0) is 17.4 Å². The van der Waals surface area contributed by atoms with Gasteiger partial charge in [0.05, 0.1) is 14.2 Å². The Morgan fingerprint density at radius 2 is 1.35 bits per heavy atom. The average Bonchev–Trinajstić information content (AvgIpc) is 3.32. The maximum absolute atomic E-state index is 14.0. The van der Waals surface area contributed by atoms with Gasteiger partial charge in [0.2, 0.25) is 10.9 Å². The van der Waals surface area contributed by atoms with Crippen LogP contribution in [0.25, 0.3) is 0 Å². The van der Waals surface area contributed by atoms with Gasteiger partial charge in [0, 0.05) is 18.4 Å². The van der Waals surface area contributed by atoms with Crippen LogP contribution in [0, 0.1) is 0 Å². The number of aryl methyl sites for hydroxylation is 2. The number of methoxy groups -OCH3 is 2. The zero-order chi connectivity index (χ0) is 22.6. The van der Waals surface area contributed by atoms with Crippen molar-refractivity contribution in [1.29, 1.82) is 0 Å². The predicted molar refractivity (Wildman–Crippen MR) is 122 cm³/mol. The highest BCUT2D eigenvalue weighted by Gasteiger charge is 2.62. The van der Waals surface area contributed by atoms with Crippen LogP contribution in [0.1, 0.15) is 71.4 Å². The SMILES string of the molecule is CCc1cccc(CC)c1C(=O)C1([P+](=O)C(=O)c2c(OC)cccc2OC)CCCC1. The van der Waals surface area contributed by atoms with Crippen LogP contribution < -0.4 is 9.47 Å². The maximum Gasteiger partial charge on any atom is 0.434 e. The molecule has 0 bridgehead atoms. The largest absolute Gasteiger partial charge is 0.496 e. The van der Waals surface area contributed by atoms with Crippen molar-refractivity contribution in [3.63, 3.8) is 0 Å². The minimum absolute atomic E-state index is 0.146. The molecule has 5 nitrogen and oxygen atoms in total. The Labute approximate surface area is 184 Å². The molecule has 0 amide bonds. The van der Waals surface area contributed by atoms with Gasteiger partial charge in [-0.05, 0) is 48.9 Å². The fourth-order valence-corrected chi connectivity index (χ4v) is 6.44. The Balaban J connectivity index is 2.13. The molecule has 2 aromatic carbocycles. The zero-order valence-electron chi connectivity index (χ0n) is 18.7. The molecule has 164 valence electrons. The highest BCUT2D eigenvalue weighted by atomic mass is 31.1. The van der Waals surface area contributed by atoms with E-state index in [9.17, 15) is 14.2 Å². The predicted octanol–water partition coefficient (Wildman–Crippen LogP) is 5.99. The highest BCUT2D eigenvalue weighted by Crippen LogP contribution is 2.55. The summed E-state index contributed by atoms with van der Waals surface area (Å²) in [5.74, 6) is 0.454. The molecule has 0 radical (unpaired) electrons. The van der Waals surface area contributed by atoms with Crippen LogP contribution in [0.2, 0.25) is 0 Å². The van der Waals surface area contributed by atoms with Crippen LogP contribution in [-0.4, -0.2) is 30.7 Å². The molecule has 31 heavy (non-hydrogen) atoms. The summed E-state index contributed by atoms with van der Waals surface area (Å²) in [5, 5.41) is -1.19. The number of carbonyl (C=O) groups is 2. The lowest BCUT2D eigenvalue weighted by molar-refractivity contribution is 0.0929. The monoisotopic (exact) mass is 441 g/mol. The van der Waals surface area contributed by atoms with Crippen LogP contribution in [0.4, 0.5) is 0 Å².